The van der Waals surface area contributed by atoms with E-state index in [0.29, 0.717) is 12.4 Å². The molecule has 1 aromatic carbocycles. The second-order valence-electron chi connectivity index (χ2n) is 4.62. The van der Waals surface area contributed by atoms with Gasteiger partial charge in [0.15, 0.2) is 5.84 Å². The summed E-state index contributed by atoms with van der Waals surface area (Å²) in [4.78, 5) is 2.28. The highest BCUT2D eigenvalue weighted by atomic mass is 16.5. The Morgan fingerprint density at radius 1 is 1.53 bits per heavy atom. The Hall–Kier alpha value is -1.95. The lowest BCUT2D eigenvalue weighted by Crippen LogP contribution is -2.36. The predicted octanol–water partition coefficient (Wildman–Crippen LogP) is 0.687. The third-order valence-electron chi connectivity index (χ3n) is 3.11. The normalized spacial score (nSPS) is 14.9. The molecule has 0 bridgehead atoms. The smallest absolute Gasteiger partial charge is 0.154 e. The fourth-order valence-electron chi connectivity index (χ4n) is 2.38. The third-order valence-corrected chi connectivity index (χ3v) is 3.11. The van der Waals surface area contributed by atoms with Crippen LogP contribution in [-0.2, 0) is 0 Å². The second-order valence-corrected chi connectivity index (χ2v) is 4.62. The number of nitrogens with one attached hydrogen (secondary N) is 1. The number of hydrogen-bond donors (Lipinski definition) is 3. The van der Waals surface area contributed by atoms with Gasteiger partial charge >= 0.3 is 0 Å². The zero-order chi connectivity index (χ0) is 13.8. The summed E-state index contributed by atoms with van der Waals surface area (Å²) in [6, 6.07) is 4.04. The standard InChI is InChI=1S/C13H21N5O/c1-3-4-18-5-6-19-11-8-9(2)7-10(12(11)18)13(14)16-17-15/h7-8,17H,3-6,15H2,1-2H3,(H2,14,16). The van der Waals surface area contributed by atoms with Gasteiger partial charge in [-0.1, -0.05) is 6.92 Å². The molecule has 0 radical (unpaired) electrons. The number of ether oxygens (including phenoxy) is 1. The second kappa shape index (κ2) is 5.79. The van der Waals surface area contributed by atoms with Crippen LogP contribution in [0.1, 0.15) is 24.5 Å². The molecule has 2 rings (SSSR count). The van der Waals surface area contributed by atoms with Crippen LogP contribution in [0.5, 0.6) is 5.75 Å². The molecule has 6 nitrogen and oxygen atoms in total. The Bertz CT molecular complexity index is 486. The summed E-state index contributed by atoms with van der Waals surface area (Å²) in [6.45, 7) is 6.69. The van der Waals surface area contributed by atoms with E-state index in [1.807, 2.05) is 19.1 Å². The molecule has 104 valence electrons. The molecule has 0 atom stereocenters. The predicted molar refractivity (Wildman–Crippen MR) is 77.2 cm³/mol. The molecule has 1 aliphatic rings. The number of aryl methyl sites for hydroxylation is 1. The Morgan fingerprint density at radius 3 is 3.00 bits per heavy atom. The lowest BCUT2D eigenvalue weighted by Gasteiger charge is -2.33. The lowest BCUT2D eigenvalue weighted by molar-refractivity contribution is 0.307. The van der Waals surface area contributed by atoms with Gasteiger partial charge in [0.25, 0.3) is 0 Å². The minimum Gasteiger partial charge on any atom is -0.490 e. The van der Waals surface area contributed by atoms with Gasteiger partial charge in [-0.05, 0) is 31.0 Å². The van der Waals surface area contributed by atoms with Gasteiger partial charge in [-0.2, -0.15) is 0 Å². The van der Waals surface area contributed by atoms with Gasteiger partial charge in [0.2, 0.25) is 0 Å². The first-order valence-electron chi connectivity index (χ1n) is 6.49. The number of nitrogens with two attached hydrogens (primary N) is 2. The molecule has 0 unspecified atom stereocenters. The summed E-state index contributed by atoms with van der Waals surface area (Å²) in [5.74, 6) is 6.45. The molecule has 0 fully saturated rings. The Morgan fingerprint density at radius 2 is 2.32 bits per heavy atom. The summed E-state index contributed by atoms with van der Waals surface area (Å²) < 4.78 is 5.75. The number of hydrazine groups is 1. The average molecular weight is 263 g/mol. The molecule has 1 aliphatic heterocycles. The Labute approximate surface area is 113 Å². The SMILES string of the molecule is CCCN1CCOc2cc(C)cc(/C(N)=N/NN)c21. The summed E-state index contributed by atoms with van der Waals surface area (Å²) in [6.07, 6.45) is 1.07. The molecule has 19 heavy (non-hydrogen) atoms. The van der Waals surface area contributed by atoms with E-state index in [9.17, 15) is 0 Å². The van der Waals surface area contributed by atoms with E-state index in [2.05, 4.69) is 22.5 Å². The zero-order valence-corrected chi connectivity index (χ0v) is 11.4. The largest absolute Gasteiger partial charge is 0.490 e. The van der Waals surface area contributed by atoms with E-state index in [4.69, 9.17) is 16.3 Å². The topological polar surface area (TPSA) is 88.9 Å². The molecule has 0 aliphatic carbocycles. The number of rotatable bonds is 4. The van der Waals surface area contributed by atoms with E-state index in [1.54, 1.807) is 0 Å². The first kappa shape index (κ1) is 13.5. The first-order chi connectivity index (χ1) is 9.17. The van der Waals surface area contributed by atoms with Gasteiger partial charge in [0.1, 0.15) is 12.4 Å². The van der Waals surface area contributed by atoms with E-state index in [0.717, 1.165) is 42.1 Å². The number of amidine groups is 1. The fourth-order valence-corrected chi connectivity index (χ4v) is 2.38. The maximum Gasteiger partial charge on any atom is 0.154 e. The van der Waals surface area contributed by atoms with Crippen LogP contribution in [0.25, 0.3) is 0 Å². The molecule has 6 heteroatoms. The minimum absolute atomic E-state index is 0.369. The lowest BCUT2D eigenvalue weighted by atomic mass is 10.0. The fraction of sp³-hybridized carbons (Fsp3) is 0.462. The van der Waals surface area contributed by atoms with Crippen molar-refractivity contribution in [1.29, 1.82) is 0 Å². The van der Waals surface area contributed by atoms with E-state index in [-0.39, 0.29) is 0 Å². The third kappa shape index (κ3) is 2.73. The van der Waals surface area contributed by atoms with Crippen molar-refractivity contribution in [3.63, 3.8) is 0 Å². The van der Waals surface area contributed by atoms with Crippen molar-refractivity contribution < 1.29 is 4.74 Å². The van der Waals surface area contributed by atoms with Gasteiger partial charge in [0, 0.05) is 12.1 Å². The highest BCUT2D eigenvalue weighted by molar-refractivity contribution is 6.04. The van der Waals surface area contributed by atoms with Crippen LogP contribution >= 0.6 is 0 Å². The quantitative estimate of drug-likeness (QED) is 0.322. The molecule has 0 spiro atoms. The zero-order valence-electron chi connectivity index (χ0n) is 11.4. The van der Waals surface area contributed by atoms with Crippen molar-refractivity contribution in [2.24, 2.45) is 16.7 Å². The van der Waals surface area contributed by atoms with Crippen LogP contribution in [0.2, 0.25) is 0 Å². The van der Waals surface area contributed by atoms with Gasteiger partial charge in [-0.25, -0.2) is 11.4 Å². The van der Waals surface area contributed by atoms with Crippen LogP contribution < -0.4 is 26.7 Å². The molecule has 5 N–H and O–H groups in total. The molecule has 0 saturated carbocycles. The summed E-state index contributed by atoms with van der Waals surface area (Å²) in [5, 5.41) is 3.88. The molecular weight excluding hydrogens is 242 g/mol. The Kier molecular flexibility index (Phi) is 4.11. The number of hydrazone groups is 1. The van der Waals surface area contributed by atoms with Crippen molar-refractivity contribution in [3.05, 3.63) is 23.3 Å². The maximum absolute atomic E-state index is 5.98. The van der Waals surface area contributed by atoms with Crippen LogP contribution in [0, 0.1) is 6.92 Å². The molecule has 0 saturated heterocycles. The molecule has 0 aromatic heterocycles. The number of hydrogen-bond acceptors (Lipinski definition) is 5. The molecule has 1 heterocycles. The molecule has 1 aromatic rings. The Balaban J connectivity index is 2.53. The van der Waals surface area contributed by atoms with Gasteiger partial charge in [-0.3, -0.25) is 0 Å². The van der Waals surface area contributed by atoms with Crippen molar-refractivity contribution in [3.8, 4) is 5.75 Å². The minimum atomic E-state index is 0.369. The maximum atomic E-state index is 5.98. The number of fused-ring (bicyclic) bond motifs is 1. The summed E-state index contributed by atoms with van der Waals surface area (Å²) in [5.41, 5.74) is 11.2. The monoisotopic (exact) mass is 263 g/mol. The van der Waals surface area contributed by atoms with Gasteiger partial charge in [0.05, 0.1) is 12.2 Å². The van der Waals surface area contributed by atoms with Crippen LogP contribution in [0.4, 0.5) is 5.69 Å². The van der Waals surface area contributed by atoms with E-state index >= 15 is 0 Å². The van der Waals surface area contributed by atoms with Gasteiger partial charge < -0.3 is 15.4 Å². The van der Waals surface area contributed by atoms with Crippen molar-refractivity contribution in [1.82, 2.24) is 5.53 Å². The van der Waals surface area contributed by atoms with Crippen molar-refractivity contribution >= 4 is 11.5 Å². The van der Waals surface area contributed by atoms with Gasteiger partial charge in [-0.15, -0.1) is 5.10 Å². The van der Waals surface area contributed by atoms with E-state index in [1.165, 1.54) is 0 Å². The first-order valence-corrected chi connectivity index (χ1v) is 6.49. The average Bonchev–Trinajstić information content (AvgIpc) is 2.38. The summed E-state index contributed by atoms with van der Waals surface area (Å²) in [7, 11) is 0. The molecule has 0 amide bonds. The van der Waals surface area contributed by atoms with Crippen LogP contribution in [-0.4, -0.2) is 25.5 Å². The van der Waals surface area contributed by atoms with Crippen LogP contribution in [0.15, 0.2) is 17.2 Å². The number of benzene rings is 1. The molecular formula is C13H21N5O. The highest BCUT2D eigenvalue weighted by Gasteiger charge is 2.23. The number of nitrogens with zero attached hydrogens (tertiary/aromatic N) is 2. The van der Waals surface area contributed by atoms with E-state index < -0.39 is 0 Å². The van der Waals surface area contributed by atoms with Crippen molar-refractivity contribution in [2.75, 3.05) is 24.6 Å². The van der Waals surface area contributed by atoms with Crippen LogP contribution in [0.3, 0.4) is 0 Å². The summed E-state index contributed by atoms with van der Waals surface area (Å²) >= 11 is 0. The van der Waals surface area contributed by atoms with Crippen molar-refractivity contribution in [2.45, 2.75) is 20.3 Å². The highest BCUT2D eigenvalue weighted by Crippen LogP contribution is 2.36. The number of anilines is 1.